The lowest BCUT2D eigenvalue weighted by Gasteiger charge is -1.96. The van der Waals surface area contributed by atoms with Crippen molar-refractivity contribution in [1.82, 2.24) is 9.97 Å². The van der Waals surface area contributed by atoms with Crippen LogP contribution in [0.3, 0.4) is 0 Å². The normalized spacial score (nSPS) is 12.1. The Morgan fingerprint density at radius 1 is 1.46 bits per heavy atom. The molecule has 0 fully saturated rings. The molecule has 5 heteroatoms. The second kappa shape index (κ2) is 2.56. The third-order valence-corrected chi connectivity index (χ3v) is 2.87. The van der Waals surface area contributed by atoms with Gasteiger partial charge in [-0.2, -0.15) is 0 Å². The van der Waals surface area contributed by atoms with Gasteiger partial charge >= 0.3 is 0 Å². The maximum absolute atomic E-state index is 11.2. The van der Waals surface area contributed by atoms with Gasteiger partial charge in [0, 0.05) is 6.26 Å². The molecule has 0 saturated heterocycles. The van der Waals surface area contributed by atoms with Crippen LogP contribution in [0, 0.1) is 6.33 Å². The zero-order valence-corrected chi connectivity index (χ0v) is 7.72. The fraction of sp³-hybridized carbons (Fsp3) is 0.125. The summed E-state index contributed by atoms with van der Waals surface area (Å²) in [5.74, 6) is 0. The molecule has 0 atom stereocenters. The molecule has 0 aliphatic carbocycles. The third-order valence-electron chi connectivity index (χ3n) is 1.76. The van der Waals surface area contributed by atoms with Gasteiger partial charge in [-0.15, -0.1) is 0 Å². The molecule has 67 valence electrons. The van der Waals surface area contributed by atoms with Gasteiger partial charge in [-0.05, 0) is 18.2 Å². The Balaban J connectivity index is 2.75. The van der Waals surface area contributed by atoms with Crippen molar-refractivity contribution in [2.45, 2.75) is 4.90 Å². The lowest BCUT2D eigenvalue weighted by molar-refractivity contribution is 0.602. The van der Waals surface area contributed by atoms with E-state index in [1.807, 2.05) is 0 Å². The summed E-state index contributed by atoms with van der Waals surface area (Å²) in [4.78, 5) is 6.89. The highest BCUT2D eigenvalue weighted by molar-refractivity contribution is 7.90. The predicted molar refractivity (Wildman–Crippen MR) is 48.0 cm³/mol. The molecule has 2 rings (SSSR count). The lowest BCUT2D eigenvalue weighted by Crippen LogP contribution is -1.96. The van der Waals surface area contributed by atoms with E-state index in [1.165, 1.54) is 12.3 Å². The third kappa shape index (κ3) is 1.42. The van der Waals surface area contributed by atoms with Crippen molar-refractivity contribution in [1.29, 1.82) is 0 Å². The van der Waals surface area contributed by atoms with Crippen LogP contribution in [0.15, 0.2) is 23.1 Å². The molecule has 2 aromatic rings. The van der Waals surface area contributed by atoms with Gasteiger partial charge in [0.15, 0.2) is 16.2 Å². The van der Waals surface area contributed by atoms with Gasteiger partial charge in [0.05, 0.1) is 15.9 Å². The SMILES string of the molecule is CS(=O)(=O)c1ccc2n[c][nH]c2c1. The molecule has 4 nitrogen and oxygen atoms in total. The van der Waals surface area contributed by atoms with E-state index in [4.69, 9.17) is 0 Å². The minimum Gasteiger partial charge on any atom is -0.335 e. The van der Waals surface area contributed by atoms with E-state index in [9.17, 15) is 8.42 Å². The topological polar surface area (TPSA) is 62.8 Å². The standard InChI is InChI=1S/C8H7N2O2S/c1-13(11,12)6-2-3-7-8(4-6)10-5-9-7/h2-4H,1H3,(H,9,10). The molecule has 13 heavy (non-hydrogen) atoms. The largest absolute Gasteiger partial charge is 0.335 e. The average Bonchev–Trinajstić information content (AvgIpc) is 2.47. The molecule has 0 unspecified atom stereocenters. The molecule has 1 aromatic carbocycles. The summed E-state index contributed by atoms with van der Waals surface area (Å²) in [6, 6.07) is 4.74. The van der Waals surface area contributed by atoms with Crippen molar-refractivity contribution in [2.24, 2.45) is 0 Å². The van der Waals surface area contributed by atoms with Crippen molar-refractivity contribution >= 4 is 20.9 Å². The van der Waals surface area contributed by atoms with Crippen LogP contribution in [0.2, 0.25) is 0 Å². The van der Waals surface area contributed by atoms with Gasteiger partial charge in [0.1, 0.15) is 0 Å². The summed E-state index contributed by atoms with van der Waals surface area (Å²) < 4.78 is 22.3. The molecule has 1 heterocycles. The van der Waals surface area contributed by atoms with E-state index >= 15 is 0 Å². The van der Waals surface area contributed by atoms with Gasteiger partial charge in [0.25, 0.3) is 0 Å². The van der Waals surface area contributed by atoms with E-state index < -0.39 is 9.84 Å². The van der Waals surface area contributed by atoms with Crippen molar-refractivity contribution in [3.8, 4) is 0 Å². The molecule has 1 radical (unpaired) electrons. The van der Waals surface area contributed by atoms with Crippen molar-refractivity contribution < 1.29 is 8.42 Å². The number of sulfone groups is 1. The van der Waals surface area contributed by atoms with Crippen LogP contribution >= 0.6 is 0 Å². The Morgan fingerprint density at radius 3 is 2.92 bits per heavy atom. The first-order valence-corrected chi connectivity index (χ1v) is 5.52. The van der Waals surface area contributed by atoms with Crippen LogP contribution in [-0.2, 0) is 9.84 Å². The van der Waals surface area contributed by atoms with E-state index in [0.717, 1.165) is 0 Å². The highest BCUT2D eigenvalue weighted by Gasteiger charge is 2.07. The van der Waals surface area contributed by atoms with E-state index in [1.54, 1.807) is 12.1 Å². The quantitative estimate of drug-likeness (QED) is 0.730. The number of aromatic amines is 1. The van der Waals surface area contributed by atoms with Crippen molar-refractivity contribution in [3.63, 3.8) is 0 Å². The Kier molecular flexibility index (Phi) is 1.63. The monoisotopic (exact) mass is 195 g/mol. The van der Waals surface area contributed by atoms with Gasteiger partial charge in [-0.1, -0.05) is 0 Å². The summed E-state index contributed by atoms with van der Waals surface area (Å²) in [5, 5.41) is 0. The van der Waals surface area contributed by atoms with Crippen LogP contribution in [0.1, 0.15) is 0 Å². The molecule has 0 amide bonds. The Hall–Kier alpha value is -1.36. The molecule has 0 aliphatic rings. The summed E-state index contributed by atoms with van der Waals surface area (Å²) in [6.07, 6.45) is 3.72. The number of nitrogens with one attached hydrogen (secondary N) is 1. The van der Waals surface area contributed by atoms with Crippen LogP contribution in [0.4, 0.5) is 0 Å². The first-order valence-electron chi connectivity index (χ1n) is 3.63. The smallest absolute Gasteiger partial charge is 0.175 e. The first kappa shape index (κ1) is 8.25. The molecule has 1 N–H and O–H groups in total. The maximum atomic E-state index is 11.2. The van der Waals surface area contributed by atoms with Crippen LogP contribution in [0.5, 0.6) is 0 Å². The van der Waals surface area contributed by atoms with Crippen molar-refractivity contribution in [3.05, 3.63) is 24.5 Å². The molecular formula is C8H7N2O2S. The van der Waals surface area contributed by atoms with Gasteiger partial charge in [0.2, 0.25) is 0 Å². The summed E-state index contributed by atoms with van der Waals surface area (Å²) in [7, 11) is -3.13. The lowest BCUT2D eigenvalue weighted by atomic mass is 10.3. The second-order valence-electron chi connectivity index (χ2n) is 2.80. The molecule has 0 spiro atoms. The molecular weight excluding hydrogens is 188 g/mol. The Labute approximate surface area is 75.5 Å². The fourth-order valence-corrected chi connectivity index (χ4v) is 1.74. The summed E-state index contributed by atoms with van der Waals surface area (Å²) in [5.41, 5.74) is 1.40. The highest BCUT2D eigenvalue weighted by Crippen LogP contribution is 2.15. The minimum absolute atomic E-state index is 0.289. The average molecular weight is 195 g/mol. The van der Waals surface area contributed by atoms with Gasteiger partial charge < -0.3 is 4.98 Å². The second-order valence-corrected chi connectivity index (χ2v) is 4.82. The zero-order chi connectivity index (χ0) is 9.47. The molecule has 1 aromatic heterocycles. The number of benzene rings is 1. The number of aromatic nitrogens is 2. The van der Waals surface area contributed by atoms with Crippen LogP contribution in [-0.4, -0.2) is 24.6 Å². The number of hydrogen-bond donors (Lipinski definition) is 1. The highest BCUT2D eigenvalue weighted by atomic mass is 32.2. The summed E-state index contributed by atoms with van der Waals surface area (Å²) >= 11 is 0. The summed E-state index contributed by atoms with van der Waals surface area (Å²) in [6.45, 7) is 0. The van der Waals surface area contributed by atoms with E-state index in [2.05, 4.69) is 16.3 Å². The van der Waals surface area contributed by atoms with Gasteiger partial charge in [-0.25, -0.2) is 13.4 Å². The number of fused-ring (bicyclic) bond motifs is 1. The first-order chi connectivity index (χ1) is 6.07. The molecule has 0 bridgehead atoms. The van der Waals surface area contributed by atoms with E-state index in [-0.39, 0.29) is 4.90 Å². The van der Waals surface area contributed by atoms with Crippen molar-refractivity contribution in [2.75, 3.05) is 6.26 Å². The number of H-pyrrole nitrogens is 1. The Bertz CT molecular complexity index is 542. The molecule has 0 aliphatic heterocycles. The zero-order valence-electron chi connectivity index (χ0n) is 6.90. The fourth-order valence-electron chi connectivity index (χ4n) is 1.09. The number of rotatable bonds is 1. The van der Waals surface area contributed by atoms with Crippen LogP contribution in [0.25, 0.3) is 11.0 Å². The maximum Gasteiger partial charge on any atom is 0.175 e. The number of nitrogens with zero attached hydrogens (tertiary/aromatic N) is 1. The van der Waals surface area contributed by atoms with Gasteiger partial charge in [-0.3, -0.25) is 0 Å². The number of imidazole rings is 1. The van der Waals surface area contributed by atoms with E-state index in [0.29, 0.717) is 11.0 Å². The Morgan fingerprint density at radius 2 is 2.23 bits per heavy atom. The number of hydrogen-bond acceptors (Lipinski definition) is 3. The predicted octanol–water partition coefficient (Wildman–Crippen LogP) is 0.767. The molecule has 0 saturated carbocycles. The van der Waals surface area contributed by atoms with Crippen LogP contribution < -0.4 is 0 Å². The minimum atomic E-state index is -3.13.